The number of methoxy groups -OCH3 is 2. The van der Waals surface area contributed by atoms with E-state index in [0.717, 1.165) is 16.7 Å². The number of nitriles is 1. The molecule has 2 amide bonds. The van der Waals surface area contributed by atoms with Crippen LogP contribution in [0.1, 0.15) is 28.3 Å². The van der Waals surface area contributed by atoms with Gasteiger partial charge in [-0.3, -0.25) is 0 Å². The number of halogens is 2. The molecule has 8 heteroatoms. The number of amides is 2. The van der Waals surface area contributed by atoms with Crippen LogP contribution >= 0.6 is 23.2 Å². The van der Waals surface area contributed by atoms with Crippen LogP contribution in [0.3, 0.4) is 0 Å². The number of ether oxygens (including phenoxy) is 2. The standard InChI is InChI=1S/C25H21Cl2N3O3/c1-32-21-11-16-6-7-30(25(31)29-20-5-3-4-15(8-20)14-28)24(23(16)22(13-21)33-2)17-9-18(26)12-19(27)10-17/h3-5,8-13,24H,6-7H2,1-2H3,(H,29,31). The van der Waals surface area contributed by atoms with Gasteiger partial charge in [-0.05, 0) is 60.0 Å². The molecule has 0 fully saturated rings. The average Bonchev–Trinajstić information content (AvgIpc) is 2.81. The van der Waals surface area contributed by atoms with E-state index in [1.807, 2.05) is 6.07 Å². The maximum atomic E-state index is 13.5. The predicted molar refractivity (Wildman–Crippen MR) is 128 cm³/mol. The second-order valence-electron chi connectivity index (χ2n) is 7.57. The van der Waals surface area contributed by atoms with Crippen molar-refractivity contribution in [2.75, 3.05) is 26.1 Å². The van der Waals surface area contributed by atoms with Crippen molar-refractivity contribution in [1.82, 2.24) is 4.90 Å². The topological polar surface area (TPSA) is 74.6 Å². The Bertz CT molecular complexity index is 1220. The van der Waals surface area contributed by atoms with Crippen LogP contribution in [0.5, 0.6) is 11.5 Å². The minimum Gasteiger partial charge on any atom is -0.497 e. The highest BCUT2D eigenvalue weighted by Gasteiger charge is 2.35. The lowest BCUT2D eigenvalue weighted by Crippen LogP contribution is -2.43. The van der Waals surface area contributed by atoms with Gasteiger partial charge in [-0.2, -0.15) is 5.26 Å². The molecule has 0 aliphatic carbocycles. The first-order valence-corrected chi connectivity index (χ1v) is 11.0. The third-order valence-corrected chi connectivity index (χ3v) is 6.00. The minimum atomic E-state index is -0.495. The lowest BCUT2D eigenvalue weighted by molar-refractivity contribution is 0.192. The van der Waals surface area contributed by atoms with Crippen LogP contribution in [0.4, 0.5) is 10.5 Å². The van der Waals surface area contributed by atoms with E-state index in [-0.39, 0.29) is 6.03 Å². The SMILES string of the molecule is COc1cc2c(c(OC)c1)C(c1cc(Cl)cc(Cl)c1)N(C(=O)Nc1cccc(C#N)c1)CC2. The van der Waals surface area contributed by atoms with Gasteiger partial charge in [0.1, 0.15) is 11.5 Å². The normalized spacial score (nSPS) is 14.8. The van der Waals surface area contributed by atoms with Crippen molar-refractivity contribution in [3.05, 3.63) is 86.9 Å². The average molecular weight is 482 g/mol. The monoisotopic (exact) mass is 481 g/mol. The quantitative estimate of drug-likeness (QED) is 0.491. The van der Waals surface area contributed by atoms with E-state index < -0.39 is 6.04 Å². The van der Waals surface area contributed by atoms with Gasteiger partial charge in [-0.25, -0.2) is 4.79 Å². The maximum Gasteiger partial charge on any atom is 0.322 e. The van der Waals surface area contributed by atoms with E-state index >= 15 is 0 Å². The van der Waals surface area contributed by atoms with Gasteiger partial charge < -0.3 is 19.7 Å². The highest BCUT2D eigenvalue weighted by Crippen LogP contribution is 2.44. The summed E-state index contributed by atoms with van der Waals surface area (Å²) in [4.78, 5) is 15.2. The van der Waals surface area contributed by atoms with Gasteiger partial charge in [0.15, 0.2) is 0 Å². The Morgan fingerprint density at radius 1 is 1.09 bits per heavy atom. The summed E-state index contributed by atoms with van der Waals surface area (Å²) in [7, 11) is 3.19. The van der Waals surface area contributed by atoms with Crippen LogP contribution < -0.4 is 14.8 Å². The molecular formula is C25H21Cl2N3O3. The van der Waals surface area contributed by atoms with E-state index in [0.29, 0.717) is 45.8 Å². The van der Waals surface area contributed by atoms with Crippen molar-refractivity contribution in [2.24, 2.45) is 0 Å². The number of rotatable bonds is 4. The fraction of sp³-hybridized carbons (Fsp3) is 0.200. The van der Waals surface area contributed by atoms with Crippen LogP contribution in [-0.4, -0.2) is 31.7 Å². The minimum absolute atomic E-state index is 0.310. The summed E-state index contributed by atoms with van der Waals surface area (Å²) >= 11 is 12.6. The van der Waals surface area contributed by atoms with Crippen molar-refractivity contribution in [3.63, 3.8) is 0 Å². The zero-order valence-corrected chi connectivity index (χ0v) is 19.6. The highest BCUT2D eigenvalue weighted by atomic mass is 35.5. The first-order chi connectivity index (χ1) is 15.9. The van der Waals surface area contributed by atoms with E-state index in [4.69, 9.17) is 32.7 Å². The second-order valence-corrected chi connectivity index (χ2v) is 8.45. The molecule has 1 heterocycles. The molecule has 1 aliphatic rings. The van der Waals surface area contributed by atoms with Gasteiger partial charge in [0.2, 0.25) is 0 Å². The zero-order valence-electron chi connectivity index (χ0n) is 18.1. The Kier molecular flexibility index (Phi) is 6.64. The van der Waals surface area contributed by atoms with Gasteiger partial charge in [0, 0.05) is 33.9 Å². The Balaban J connectivity index is 1.81. The molecule has 168 valence electrons. The highest BCUT2D eigenvalue weighted by molar-refractivity contribution is 6.34. The predicted octanol–water partition coefficient (Wildman–Crippen LogP) is 6.06. The number of hydrogen-bond donors (Lipinski definition) is 1. The number of urea groups is 1. The summed E-state index contributed by atoms with van der Waals surface area (Å²) < 4.78 is 11.1. The van der Waals surface area contributed by atoms with E-state index in [1.165, 1.54) is 0 Å². The van der Waals surface area contributed by atoms with E-state index in [2.05, 4.69) is 11.4 Å². The van der Waals surface area contributed by atoms with Gasteiger partial charge in [0.25, 0.3) is 0 Å². The molecule has 3 aromatic carbocycles. The van der Waals surface area contributed by atoms with Crippen molar-refractivity contribution >= 4 is 34.9 Å². The molecule has 1 atom stereocenters. The van der Waals surface area contributed by atoms with Crippen LogP contribution in [-0.2, 0) is 6.42 Å². The van der Waals surface area contributed by atoms with E-state index in [9.17, 15) is 10.1 Å². The van der Waals surface area contributed by atoms with Gasteiger partial charge in [-0.1, -0.05) is 29.3 Å². The van der Waals surface area contributed by atoms with Crippen LogP contribution in [0.25, 0.3) is 0 Å². The van der Waals surface area contributed by atoms with Crippen molar-refractivity contribution in [3.8, 4) is 17.6 Å². The molecule has 33 heavy (non-hydrogen) atoms. The van der Waals surface area contributed by atoms with Crippen LogP contribution in [0.15, 0.2) is 54.6 Å². The fourth-order valence-corrected chi connectivity index (χ4v) is 4.69. The molecule has 4 rings (SSSR count). The first kappa shape index (κ1) is 22.8. The fourth-order valence-electron chi connectivity index (χ4n) is 4.15. The second kappa shape index (κ2) is 9.62. The van der Waals surface area contributed by atoms with E-state index in [1.54, 1.807) is 67.7 Å². The summed E-state index contributed by atoms with van der Waals surface area (Å²) in [6, 6.07) is 17.1. The number of hydrogen-bond acceptors (Lipinski definition) is 4. The summed E-state index contributed by atoms with van der Waals surface area (Å²) in [5, 5.41) is 13.0. The first-order valence-electron chi connectivity index (χ1n) is 10.2. The van der Waals surface area contributed by atoms with Crippen LogP contribution in [0.2, 0.25) is 10.0 Å². The lowest BCUT2D eigenvalue weighted by Gasteiger charge is -2.38. The molecule has 0 saturated heterocycles. The number of fused-ring (bicyclic) bond motifs is 1. The van der Waals surface area contributed by atoms with Gasteiger partial charge >= 0.3 is 6.03 Å². The number of carbonyl (C=O) groups is 1. The van der Waals surface area contributed by atoms with Crippen LogP contribution in [0, 0.1) is 11.3 Å². The third kappa shape index (κ3) is 4.70. The van der Waals surface area contributed by atoms with Crippen molar-refractivity contribution in [1.29, 1.82) is 5.26 Å². The number of nitrogens with zero attached hydrogens (tertiary/aromatic N) is 2. The Hall–Kier alpha value is -3.40. The van der Waals surface area contributed by atoms with Gasteiger partial charge in [0.05, 0.1) is 31.9 Å². The molecule has 6 nitrogen and oxygen atoms in total. The summed E-state index contributed by atoms with van der Waals surface area (Å²) in [6.45, 7) is 0.446. The molecule has 0 bridgehead atoms. The molecule has 1 aliphatic heterocycles. The molecule has 0 radical (unpaired) electrons. The largest absolute Gasteiger partial charge is 0.497 e. The molecule has 0 saturated carbocycles. The molecule has 0 aromatic heterocycles. The molecule has 0 spiro atoms. The lowest BCUT2D eigenvalue weighted by atomic mass is 9.87. The number of carbonyl (C=O) groups excluding carboxylic acids is 1. The Labute approximate surface area is 202 Å². The smallest absolute Gasteiger partial charge is 0.322 e. The Morgan fingerprint density at radius 2 is 1.85 bits per heavy atom. The molecule has 1 unspecified atom stereocenters. The zero-order chi connectivity index (χ0) is 23.5. The molecule has 1 N–H and O–H groups in total. The molecular weight excluding hydrogens is 461 g/mol. The Morgan fingerprint density at radius 3 is 2.52 bits per heavy atom. The summed E-state index contributed by atoms with van der Waals surface area (Å²) in [5.74, 6) is 1.29. The summed E-state index contributed by atoms with van der Waals surface area (Å²) in [5.41, 5.74) is 3.63. The van der Waals surface area contributed by atoms with Crippen molar-refractivity contribution < 1.29 is 14.3 Å². The maximum absolute atomic E-state index is 13.5. The number of nitrogens with one attached hydrogen (secondary N) is 1. The summed E-state index contributed by atoms with van der Waals surface area (Å²) in [6.07, 6.45) is 0.610. The number of benzene rings is 3. The van der Waals surface area contributed by atoms with Gasteiger partial charge in [-0.15, -0.1) is 0 Å². The third-order valence-electron chi connectivity index (χ3n) is 5.57. The molecule has 3 aromatic rings. The van der Waals surface area contributed by atoms with Crippen molar-refractivity contribution in [2.45, 2.75) is 12.5 Å². The number of anilines is 1.